The van der Waals surface area contributed by atoms with Crippen molar-refractivity contribution in [2.45, 2.75) is 62.0 Å². The number of hydrogen-bond donors (Lipinski definition) is 0. The van der Waals surface area contributed by atoms with Crippen LogP contribution in [0.25, 0.3) is 0 Å². The average Bonchev–Trinajstić information content (AvgIpc) is 3.03. The van der Waals surface area contributed by atoms with Crippen molar-refractivity contribution in [3.8, 4) is 0 Å². The summed E-state index contributed by atoms with van der Waals surface area (Å²) >= 11 is -4.21. The predicted molar refractivity (Wildman–Crippen MR) is 111 cm³/mol. The Balaban J connectivity index is 2.60. The van der Waals surface area contributed by atoms with E-state index in [4.69, 9.17) is 17.2 Å². The summed E-state index contributed by atoms with van der Waals surface area (Å²) in [4.78, 5) is 0. The molecule has 4 heteroatoms. The Morgan fingerprint density at radius 3 is 1.38 bits per heavy atom. The van der Waals surface area contributed by atoms with Crippen molar-refractivity contribution in [2.24, 2.45) is 11.8 Å². The third-order valence-electron chi connectivity index (χ3n) is 6.11. The second-order valence-corrected chi connectivity index (χ2v) is 68.4. The minimum absolute atomic E-state index is 0.311. The molecule has 0 aromatic rings. The predicted octanol–water partition coefficient (Wildman–Crippen LogP) is 7.63. The van der Waals surface area contributed by atoms with E-state index in [9.17, 15) is 0 Å². The van der Waals surface area contributed by atoms with E-state index in [0.717, 1.165) is 0 Å². The van der Waals surface area contributed by atoms with Crippen LogP contribution in [0.15, 0.2) is 46.6 Å². The van der Waals surface area contributed by atoms with Crippen LogP contribution in [-0.4, -0.2) is 5.98 Å². The van der Waals surface area contributed by atoms with Gasteiger partial charge in [0, 0.05) is 0 Å². The van der Waals surface area contributed by atoms with Crippen LogP contribution in [-0.2, 0) is 15.3 Å². The van der Waals surface area contributed by atoms with Gasteiger partial charge in [0.2, 0.25) is 0 Å². The molecule has 0 saturated heterocycles. The first-order valence-electron chi connectivity index (χ1n) is 9.26. The van der Waals surface area contributed by atoms with Crippen LogP contribution in [0.4, 0.5) is 0 Å². The molecule has 2 rings (SSSR count). The quantitative estimate of drug-likeness (QED) is 0.309. The zero-order chi connectivity index (χ0) is 18.5. The molecule has 0 N–H and O–H groups in total. The van der Waals surface area contributed by atoms with Crippen molar-refractivity contribution in [3.05, 3.63) is 46.6 Å². The molecule has 24 heavy (non-hydrogen) atoms. The molecule has 0 saturated carbocycles. The van der Waals surface area contributed by atoms with E-state index in [1.165, 1.54) is 22.3 Å². The first-order valence-corrected chi connectivity index (χ1v) is 31.4. The van der Waals surface area contributed by atoms with E-state index >= 15 is 0 Å². The Morgan fingerprint density at radius 2 is 1.17 bits per heavy atom. The molecule has 2 unspecified atom stereocenters. The fourth-order valence-corrected chi connectivity index (χ4v) is 46.7. The molecule has 0 amide bonds. The van der Waals surface area contributed by atoms with Gasteiger partial charge in [-0.1, -0.05) is 0 Å². The molecule has 0 spiro atoms. The van der Waals surface area contributed by atoms with E-state index in [1.807, 2.05) is 0 Å². The molecule has 2 aliphatic rings. The molecule has 0 aromatic heterocycles. The first kappa shape index (κ1) is 20.9. The van der Waals surface area contributed by atoms with Gasteiger partial charge in [0.15, 0.2) is 0 Å². The van der Waals surface area contributed by atoms with Crippen LogP contribution in [0.2, 0.25) is 20.4 Å². The molecule has 0 bridgehead atoms. The van der Waals surface area contributed by atoms with E-state index < -0.39 is 21.3 Å². The zero-order valence-electron chi connectivity index (χ0n) is 16.5. The van der Waals surface area contributed by atoms with Crippen LogP contribution in [0, 0.1) is 11.8 Å². The minimum atomic E-state index is -4.21. The molecule has 0 aromatic carbocycles. The number of hydrogen-bond acceptors (Lipinski definition) is 0. The monoisotopic (exact) mass is 551 g/mol. The third kappa shape index (κ3) is 3.30. The Labute approximate surface area is 157 Å². The van der Waals surface area contributed by atoms with Crippen LogP contribution in [0.3, 0.4) is 0 Å². The van der Waals surface area contributed by atoms with Crippen molar-refractivity contribution in [1.29, 1.82) is 0 Å². The van der Waals surface area contributed by atoms with E-state index in [0.29, 0.717) is 19.2 Å². The second kappa shape index (κ2) is 6.98. The van der Waals surface area contributed by atoms with Gasteiger partial charge in [-0.3, -0.25) is 0 Å². The van der Waals surface area contributed by atoms with Crippen LogP contribution >= 0.6 is 17.2 Å². The number of rotatable bonds is 5. The summed E-state index contributed by atoms with van der Waals surface area (Å²) in [5, 5.41) is 0. The fourth-order valence-electron chi connectivity index (χ4n) is 4.27. The van der Waals surface area contributed by atoms with Gasteiger partial charge < -0.3 is 0 Å². The summed E-state index contributed by atoms with van der Waals surface area (Å²) in [6.07, 6.45) is 9.59. The van der Waals surface area contributed by atoms with Crippen LogP contribution < -0.4 is 0 Å². The normalized spacial score (nSPS) is 26.5. The molecule has 0 aliphatic heterocycles. The van der Waals surface area contributed by atoms with Gasteiger partial charge in [-0.2, -0.15) is 0 Å². The molecule has 0 radical (unpaired) electrons. The Hall–Kier alpha value is 0.627. The number of halogens is 2. The van der Waals surface area contributed by atoms with E-state index in [-0.39, 0.29) is 0 Å². The topological polar surface area (TPSA) is 0 Å². The van der Waals surface area contributed by atoms with Gasteiger partial charge in [0.05, 0.1) is 0 Å². The average molecular weight is 551 g/mol. The zero-order valence-corrected chi connectivity index (χ0v) is 22.7. The van der Waals surface area contributed by atoms with E-state index in [2.05, 4.69) is 78.9 Å². The summed E-state index contributed by atoms with van der Waals surface area (Å²) in [5.74, 6) is -0.163. The summed E-state index contributed by atoms with van der Waals surface area (Å²) in [6.45, 7) is 18.3. The van der Waals surface area contributed by atoms with Gasteiger partial charge in [-0.15, -0.1) is 0 Å². The van der Waals surface area contributed by atoms with Crippen molar-refractivity contribution < 1.29 is 15.3 Å². The molecular formula is C20H33Cl2HfSi. The molecule has 2 aliphatic carbocycles. The van der Waals surface area contributed by atoms with Gasteiger partial charge in [0.25, 0.3) is 0 Å². The molecule has 0 heterocycles. The maximum absolute atomic E-state index is 7.75. The van der Waals surface area contributed by atoms with Gasteiger partial charge in [-0.05, 0) is 0 Å². The Kier molecular flexibility index (Phi) is 6.09. The van der Waals surface area contributed by atoms with Crippen LogP contribution in [0.5, 0.6) is 0 Å². The van der Waals surface area contributed by atoms with Crippen molar-refractivity contribution in [2.75, 3.05) is 0 Å². The third-order valence-corrected chi connectivity index (χ3v) is 80.1. The SMILES string of the molecule is CC1=CC(C(C)C)=C[CH]1[Hf]([Cl])([Cl])([CH]1C=C(C(C)C)C=C1C)[SiH](C)C. The molecule has 135 valence electrons. The standard InChI is InChI=1S/2C9H13.C2H7Si.2ClH.Hf/c2*1-7(2)9-5-4-8(3)6-9;1-3-2;;;/h2*4-7H,1-3H3;3H,1-2H3;2*1H;/q;;;;;+2/p-2. The molecular weight excluding hydrogens is 518 g/mol. The molecule has 0 fully saturated rings. The fraction of sp³-hybridized carbons (Fsp3) is 0.600. The van der Waals surface area contributed by atoms with Crippen molar-refractivity contribution in [3.63, 3.8) is 0 Å². The Bertz CT molecular complexity index is 601. The summed E-state index contributed by atoms with van der Waals surface area (Å²) in [7, 11) is 15.5. The summed E-state index contributed by atoms with van der Waals surface area (Å²) < 4.78 is 0.621. The van der Waals surface area contributed by atoms with Crippen LogP contribution in [0.1, 0.15) is 41.5 Å². The molecule has 2 atom stereocenters. The number of allylic oxidation sites excluding steroid dienone is 8. The van der Waals surface area contributed by atoms with Crippen molar-refractivity contribution >= 4 is 23.1 Å². The molecule has 0 nitrogen and oxygen atoms in total. The van der Waals surface area contributed by atoms with Gasteiger partial charge >= 0.3 is 159 Å². The second-order valence-electron chi connectivity index (χ2n) is 8.76. The summed E-state index contributed by atoms with van der Waals surface area (Å²) in [6, 6.07) is 0. The Morgan fingerprint density at radius 1 is 0.833 bits per heavy atom. The first-order chi connectivity index (χ1) is 10.9. The summed E-state index contributed by atoms with van der Waals surface area (Å²) in [5.41, 5.74) is 5.65. The van der Waals surface area contributed by atoms with Crippen molar-refractivity contribution in [1.82, 2.24) is 0 Å². The maximum atomic E-state index is 7.75. The van der Waals surface area contributed by atoms with Gasteiger partial charge in [0.1, 0.15) is 0 Å². The van der Waals surface area contributed by atoms with E-state index in [1.54, 1.807) is 0 Å². The van der Waals surface area contributed by atoms with Gasteiger partial charge in [-0.25, -0.2) is 0 Å².